The van der Waals surface area contributed by atoms with E-state index in [-0.39, 0.29) is 0 Å². The Hall–Kier alpha value is -16.6. The van der Waals surface area contributed by atoms with E-state index in [9.17, 15) is 0 Å². The van der Waals surface area contributed by atoms with Gasteiger partial charge in [0.15, 0.2) is 16.7 Å². The quantitative estimate of drug-likeness (QED) is 0.151. The van der Waals surface area contributed by atoms with Crippen molar-refractivity contribution in [1.29, 1.82) is 0 Å². The molecule has 0 spiro atoms. The Labute approximate surface area is 701 Å². The zero-order chi connectivity index (χ0) is 80.5. The van der Waals surface area contributed by atoms with Crippen LogP contribution < -0.4 is 0 Å². The summed E-state index contributed by atoms with van der Waals surface area (Å²) in [7, 11) is 0. The highest BCUT2D eigenvalue weighted by atomic mass is 32.1. The molecule has 15 heteroatoms. The summed E-state index contributed by atoms with van der Waals surface area (Å²) in [4.78, 5) is 31.2. The number of thiophene rings is 1. The van der Waals surface area contributed by atoms with E-state index in [1.807, 2.05) is 133 Å². The first-order chi connectivity index (χ1) is 61.0. The van der Waals surface area contributed by atoms with Crippen LogP contribution in [-0.2, 0) is 0 Å². The highest BCUT2D eigenvalue weighted by Crippen LogP contribution is 2.49. The Morgan fingerprint density at radius 1 is 0.187 bits per heavy atom. The average molecular weight is 1600 g/mol. The molecular formula is C108H62N10O4S. The van der Waals surface area contributed by atoms with E-state index in [1.165, 1.54) is 58.1 Å². The molecule has 574 valence electrons. The van der Waals surface area contributed by atoms with Crippen molar-refractivity contribution in [3.63, 3.8) is 0 Å². The first-order valence-corrected chi connectivity index (χ1v) is 41.8. The molecule has 0 fully saturated rings. The SMILES string of the molecule is c1ccc(-c2nc(-n3c4ccccc4c4c5c(ccc43)oc3ccccc35)nc3c2oc2ccccc23)cc1.c1ccc(-c2nc(-n3c4ccccc4c4c5c(ccc43)sc3ccccc35)nc3c2oc2ccccc23)cc1.c1ccc(-c2nc(-n3c4ccccc4c4c5c6ccccc6n(-c6ccccc6)c5ccc43)nc3c2oc2ccccc23)cc1. The van der Waals surface area contributed by atoms with Crippen LogP contribution in [0.5, 0.6) is 0 Å². The first kappa shape index (κ1) is 68.4. The van der Waals surface area contributed by atoms with Crippen LogP contribution in [0.4, 0.5) is 0 Å². The summed E-state index contributed by atoms with van der Waals surface area (Å²) in [5, 5.41) is 17.2. The molecule has 12 heterocycles. The predicted octanol–water partition coefficient (Wildman–Crippen LogP) is 28.8. The van der Waals surface area contributed by atoms with E-state index in [0.717, 1.165) is 160 Å². The topological polar surface area (TPSA) is 150 Å². The smallest absolute Gasteiger partial charge is 0.236 e. The lowest BCUT2D eigenvalue weighted by Crippen LogP contribution is -2.02. The van der Waals surface area contributed by atoms with Crippen molar-refractivity contribution in [2.45, 2.75) is 0 Å². The lowest BCUT2D eigenvalue weighted by Gasteiger charge is -2.10. The maximum atomic E-state index is 6.40. The third-order valence-corrected chi connectivity index (χ3v) is 25.3. The predicted molar refractivity (Wildman–Crippen MR) is 502 cm³/mol. The lowest BCUT2D eigenvalue weighted by atomic mass is 10.1. The molecule has 28 aromatic rings. The second-order valence-corrected chi connectivity index (χ2v) is 32.1. The molecule has 0 aliphatic carbocycles. The number of hydrogen-bond donors (Lipinski definition) is 0. The number of nitrogens with zero attached hydrogens (tertiary/aromatic N) is 10. The van der Waals surface area contributed by atoms with E-state index in [2.05, 4.69) is 273 Å². The summed E-state index contributed by atoms with van der Waals surface area (Å²) in [5.74, 6) is 1.86. The van der Waals surface area contributed by atoms with Gasteiger partial charge in [0.05, 0.1) is 44.1 Å². The van der Waals surface area contributed by atoms with Crippen LogP contribution in [0.25, 0.3) is 253 Å². The number of aromatic nitrogens is 10. The molecule has 0 unspecified atom stereocenters. The fourth-order valence-electron chi connectivity index (χ4n) is 19.0. The van der Waals surface area contributed by atoms with Crippen LogP contribution in [0.15, 0.2) is 394 Å². The van der Waals surface area contributed by atoms with E-state index in [0.29, 0.717) is 34.6 Å². The van der Waals surface area contributed by atoms with E-state index >= 15 is 0 Å². The molecule has 0 N–H and O–H groups in total. The van der Waals surface area contributed by atoms with Gasteiger partial charge < -0.3 is 22.2 Å². The molecular weight excluding hydrogens is 1530 g/mol. The molecule has 0 aliphatic rings. The number of fused-ring (bicyclic) bond motifs is 30. The monoisotopic (exact) mass is 1590 g/mol. The number of furan rings is 4. The summed E-state index contributed by atoms with van der Waals surface area (Å²) in [6.07, 6.45) is 0. The van der Waals surface area contributed by atoms with E-state index < -0.39 is 0 Å². The van der Waals surface area contributed by atoms with Crippen molar-refractivity contribution in [3.8, 4) is 57.3 Å². The molecule has 0 radical (unpaired) electrons. The molecule has 14 nitrogen and oxygen atoms in total. The molecule has 0 saturated carbocycles. The molecule has 0 aliphatic heterocycles. The number of rotatable bonds is 7. The van der Waals surface area contributed by atoms with Crippen molar-refractivity contribution < 1.29 is 17.7 Å². The zero-order valence-corrected chi connectivity index (χ0v) is 66.1. The normalized spacial score (nSPS) is 12.1. The molecule has 0 saturated heterocycles. The van der Waals surface area contributed by atoms with E-state index in [4.69, 9.17) is 47.6 Å². The Morgan fingerprint density at radius 3 is 0.911 bits per heavy atom. The maximum absolute atomic E-state index is 6.40. The molecule has 28 rings (SSSR count). The van der Waals surface area contributed by atoms with Crippen LogP contribution in [0.1, 0.15) is 0 Å². The lowest BCUT2D eigenvalue weighted by molar-refractivity contribution is 0.666. The van der Waals surface area contributed by atoms with Crippen LogP contribution in [-0.4, -0.2) is 48.2 Å². The minimum absolute atomic E-state index is 0.603. The largest absolute Gasteiger partial charge is 0.456 e. The molecule has 123 heavy (non-hydrogen) atoms. The minimum atomic E-state index is 0.603. The van der Waals surface area contributed by atoms with Gasteiger partial charge in [0.1, 0.15) is 61.5 Å². The van der Waals surface area contributed by atoms with Gasteiger partial charge in [-0.2, -0.15) is 0 Å². The summed E-state index contributed by atoms with van der Waals surface area (Å²) in [5.41, 5.74) is 23.8. The van der Waals surface area contributed by atoms with Gasteiger partial charge in [-0.05, 0) is 121 Å². The Morgan fingerprint density at radius 2 is 0.488 bits per heavy atom. The zero-order valence-electron chi connectivity index (χ0n) is 65.3. The third kappa shape index (κ3) is 10.4. The van der Waals surface area contributed by atoms with Gasteiger partial charge in [0, 0.05) is 113 Å². The van der Waals surface area contributed by atoms with Gasteiger partial charge >= 0.3 is 0 Å². The standard InChI is InChI=1S/C40H24N4O.C34H19N3O2.C34H19N3OS/c1-3-13-25(14-4-1)37-39-38(29-19-9-12-22-34(29)45-39)42-40(41-37)44-31-21-11-8-18-28(31)36-33(44)24-23-32-35(36)27-17-7-10-20-30(27)43(32)26-15-5-2-6-16-26;1-2-10-20(11-3-1)31-33-32(23-14-6-9-17-27(23)39-33)36-34(35-31)37-24-15-7-4-12-21(24)29-25(37)18-19-28-30(29)22-13-5-8-16-26(22)38-28;1-2-10-20(11-3-1)31-33-32(22-13-5-8-16-26(22)38-33)36-34(35-31)37-24-15-7-4-12-21(24)29-25(37)18-19-28-30(29)23-14-6-9-17-27(23)39-28/h1-24H;2*1-19H. The average Bonchev–Trinajstić information content (AvgIpc) is 1.56. The fraction of sp³-hybridized carbons (Fsp3) is 0. The van der Waals surface area contributed by atoms with Crippen molar-refractivity contribution >= 4 is 207 Å². The summed E-state index contributed by atoms with van der Waals surface area (Å²) in [6.45, 7) is 0. The Balaban J connectivity index is 0.0000000993. The third-order valence-electron chi connectivity index (χ3n) is 24.2. The first-order valence-electron chi connectivity index (χ1n) is 41.0. The van der Waals surface area contributed by atoms with Crippen LogP contribution >= 0.6 is 11.3 Å². The van der Waals surface area contributed by atoms with Crippen molar-refractivity contribution in [1.82, 2.24) is 48.2 Å². The number of hydrogen-bond acceptors (Lipinski definition) is 11. The summed E-state index contributed by atoms with van der Waals surface area (Å²) < 4.78 is 36.9. The van der Waals surface area contributed by atoms with Crippen molar-refractivity contribution in [3.05, 3.63) is 376 Å². The van der Waals surface area contributed by atoms with Gasteiger partial charge in [-0.25, -0.2) is 29.9 Å². The Bertz CT molecular complexity index is 8890. The summed E-state index contributed by atoms with van der Waals surface area (Å²) >= 11 is 1.84. The van der Waals surface area contributed by atoms with Gasteiger partial charge in [-0.15, -0.1) is 11.3 Å². The fourth-order valence-corrected chi connectivity index (χ4v) is 20.1. The molecule has 0 bridgehead atoms. The molecule has 0 amide bonds. The highest BCUT2D eigenvalue weighted by Gasteiger charge is 2.29. The van der Waals surface area contributed by atoms with E-state index in [1.54, 1.807) is 0 Å². The van der Waals surface area contributed by atoms with Crippen LogP contribution in [0.3, 0.4) is 0 Å². The second kappa shape index (κ2) is 27.0. The summed E-state index contributed by atoms with van der Waals surface area (Å²) in [6, 6.07) is 130. The molecule has 16 aromatic carbocycles. The van der Waals surface area contributed by atoms with Crippen molar-refractivity contribution in [2.75, 3.05) is 0 Å². The second-order valence-electron chi connectivity index (χ2n) is 31.0. The van der Waals surface area contributed by atoms with Gasteiger partial charge in [0.25, 0.3) is 0 Å². The number of para-hydroxylation sites is 9. The maximum Gasteiger partial charge on any atom is 0.236 e. The van der Waals surface area contributed by atoms with Crippen LogP contribution in [0, 0.1) is 0 Å². The minimum Gasteiger partial charge on any atom is -0.456 e. The van der Waals surface area contributed by atoms with Crippen molar-refractivity contribution in [2.24, 2.45) is 0 Å². The van der Waals surface area contributed by atoms with Gasteiger partial charge in [-0.1, -0.05) is 255 Å². The molecule has 0 atom stereocenters. The highest BCUT2D eigenvalue weighted by molar-refractivity contribution is 7.26. The van der Waals surface area contributed by atoms with Crippen LogP contribution in [0.2, 0.25) is 0 Å². The Kier molecular flexibility index (Phi) is 15.0. The van der Waals surface area contributed by atoms with Gasteiger partial charge in [0.2, 0.25) is 17.8 Å². The number of benzene rings is 16. The van der Waals surface area contributed by atoms with Gasteiger partial charge in [-0.3, -0.25) is 13.7 Å². The molecule has 12 aromatic heterocycles.